The van der Waals surface area contributed by atoms with Gasteiger partial charge in [-0.3, -0.25) is 19.4 Å². The van der Waals surface area contributed by atoms with E-state index in [9.17, 15) is 9.59 Å². The van der Waals surface area contributed by atoms with Crippen molar-refractivity contribution in [3.63, 3.8) is 0 Å². The summed E-state index contributed by atoms with van der Waals surface area (Å²) in [5, 5.41) is 0. The molecule has 0 atom stereocenters. The van der Waals surface area contributed by atoms with Crippen molar-refractivity contribution < 1.29 is 28.5 Å². The second kappa shape index (κ2) is 8.00. The van der Waals surface area contributed by atoms with Gasteiger partial charge in [0.05, 0.1) is 25.0 Å². The molecule has 0 aromatic heterocycles. The zero-order valence-electron chi connectivity index (χ0n) is 16.3. The SMILES string of the molecule is COc1ccc(OCCN(C)CN2C(=O)C(=O)c3cc4c(cc32)OCCO4)cc1. The molecule has 8 nitrogen and oxygen atoms in total. The molecule has 0 saturated heterocycles. The molecule has 0 radical (unpaired) electrons. The van der Waals surface area contributed by atoms with Crippen LogP contribution in [0, 0.1) is 0 Å². The fraction of sp³-hybridized carbons (Fsp3) is 0.333. The topological polar surface area (TPSA) is 77.5 Å². The molecule has 152 valence electrons. The summed E-state index contributed by atoms with van der Waals surface area (Å²) in [4.78, 5) is 28.3. The number of benzene rings is 2. The van der Waals surface area contributed by atoms with Gasteiger partial charge in [-0.05, 0) is 37.4 Å². The quantitative estimate of drug-likeness (QED) is 0.660. The van der Waals surface area contributed by atoms with E-state index in [1.807, 2.05) is 36.2 Å². The Hall–Kier alpha value is -3.26. The summed E-state index contributed by atoms with van der Waals surface area (Å²) in [5.41, 5.74) is 0.898. The Labute approximate surface area is 168 Å². The number of nitrogens with zero attached hydrogens (tertiary/aromatic N) is 2. The minimum Gasteiger partial charge on any atom is -0.497 e. The van der Waals surface area contributed by atoms with Crippen LogP contribution in [-0.2, 0) is 4.79 Å². The summed E-state index contributed by atoms with van der Waals surface area (Å²) in [7, 11) is 3.48. The highest BCUT2D eigenvalue weighted by molar-refractivity contribution is 6.52. The number of likely N-dealkylation sites (N-methyl/N-ethyl adjacent to an activating group) is 1. The fourth-order valence-corrected chi connectivity index (χ4v) is 3.27. The molecule has 0 spiro atoms. The molecule has 0 aliphatic carbocycles. The summed E-state index contributed by atoms with van der Waals surface area (Å²) in [5.74, 6) is 1.47. The number of carbonyl (C=O) groups is 2. The summed E-state index contributed by atoms with van der Waals surface area (Å²) in [6.45, 7) is 2.14. The van der Waals surface area contributed by atoms with Crippen molar-refractivity contribution in [1.29, 1.82) is 0 Å². The van der Waals surface area contributed by atoms with Crippen LogP contribution in [0.2, 0.25) is 0 Å². The van der Waals surface area contributed by atoms with Gasteiger partial charge in [0, 0.05) is 12.6 Å². The highest BCUT2D eigenvalue weighted by Gasteiger charge is 2.38. The first kappa shape index (κ1) is 19.1. The van der Waals surface area contributed by atoms with E-state index in [4.69, 9.17) is 18.9 Å². The maximum Gasteiger partial charge on any atom is 0.300 e. The zero-order valence-corrected chi connectivity index (χ0v) is 16.3. The lowest BCUT2D eigenvalue weighted by Gasteiger charge is -2.25. The Balaban J connectivity index is 1.38. The summed E-state index contributed by atoms with van der Waals surface area (Å²) < 4.78 is 22.0. The number of ether oxygens (including phenoxy) is 4. The van der Waals surface area contributed by atoms with Crippen LogP contribution in [0.3, 0.4) is 0 Å². The normalized spacial score (nSPS) is 14.9. The van der Waals surface area contributed by atoms with Gasteiger partial charge in [-0.15, -0.1) is 0 Å². The van der Waals surface area contributed by atoms with Gasteiger partial charge in [-0.2, -0.15) is 0 Å². The molecular weight excluding hydrogens is 376 g/mol. The zero-order chi connectivity index (χ0) is 20.4. The lowest BCUT2D eigenvalue weighted by atomic mass is 10.1. The van der Waals surface area contributed by atoms with Gasteiger partial charge in [-0.25, -0.2) is 0 Å². The molecule has 0 fully saturated rings. The number of carbonyl (C=O) groups excluding carboxylic acids is 2. The summed E-state index contributed by atoms with van der Waals surface area (Å²) >= 11 is 0. The van der Waals surface area contributed by atoms with Gasteiger partial charge in [0.2, 0.25) is 0 Å². The number of Topliss-reactive ketones (excluding diaryl/α,β-unsaturated/α-hetero) is 1. The van der Waals surface area contributed by atoms with E-state index in [1.165, 1.54) is 4.90 Å². The number of amides is 1. The number of fused-ring (bicyclic) bond motifs is 2. The number of methoxy groups -OCH3 is 1. The summed E-state index contributed by atoms with van der Waals surface area (Å²) in [6, 6.07) is 10.6. The minimum absolute atomic E-state index is 0.267. The Kier molecular flexibility index (Phi) is 5.26. The van der Waals surface area contributed by atoms with E-state index < -0.39 is 11.7 Å². The van der Waals surface area contributed by atoms with Gasteiger partial charge in [0.1, 0.15) is 31.3 Å². The van der Waals surface area contributed by atoms with Crippen LogP contribution >= 0.6 is 0 Å². The highest BCUT2D eigenvalue weighted by Crippen LogP contribution is 2.40. The van der Waals surface area contributed by atoms with Crippen LogP contribution in [0.15, 0.2) is 36.4 Å². The van der Waals surface area contributed by atoms with E-state index in [1.54, 1.807) is 19.2 Å². The van der Waals surface area contributed by atoms with Gasteiger partial charge in [0.25, 0.3) is 5.78 Å². The number of rotatable bonds is 7. The molecule has 0 bridgehead atoms. The molecule has 2 heterocycles. The van der Waals surface area contributed by atoms with Crippen LogP contribution in [0.25, 0.3) is 0 Å². The van der Waals surface area contributed by atoms with Crippen molar-refractivity contribution in [2.24, 2.45) is 0 Å². The number of hydrogen-bond donors (Lipinski definition) is 0. The Morgan fingerprint density at radius 1 is 1.03 bits per heavy atom. The van der Waals surface area contributed by atoms with Crippen molar-refractivity contribution >= 4 is 17.4 Å². The first-order valence-electron chi connectivity index (χ1n) is 9.32. The molecule has 0 unspecified atom stereocenters. The second-order valence-electron chi connectivity index (χ2n) is 6.82. The maximum atomic E-state index is 12.5. The van der Waals surface area contributed by atoms with Gasteiger partial charge in [0.15, 0.2) is 11.5 Å². The molecule has 4 rings (SSSR count). The molecule has 2 aromatic rings. The monoisotopic (exact) mass is 398 g/mol. The average molecular weight is 398 g/mol. The maximum absolute atomic E-state index is 12.5. The molecule has 1 amide bonds. The molecule has 8 heteroatoms. The van der Waals surface area contributed by atoms with Crippen LogP contribution in [-0.4, -0.2) is 63.8 Å². The number of ketones is 1. The number of anilines is 1. The van der Waals surface area contributed by atoms with Crippen molar-refractivity contribution in [2.45, 2.75) is 0 Å². The van der Waals surface area contributed by atoms with Crippen molar-refractivity contribution in [3.05, 3.63) is 42.0 Å². The second-order valence-corrected chi connectivity index (χ2v) is 6.82. The lowest BCUT2D eigenvalue weighted by molar-refractivity contribution is -0.114. The standard InChI is InChI=1S/C21H22N2O6/c1-22(7-8-27-15-5-3-14(26-2)4-6-15)13-23-17-12-19-18(28-9-10-29-19)11-16(17)20(24)21(23)25/h3-6,11-12H,7-10,13H2,1-2H3. The lowest BCUT2D eigenvalue weighted by Crippen LogP contribution is -2.40. The Morgan fingerprint density at radius 3 is 2.38 bits per heavy atom. The third-order valence-electron chi connectivity index (χ3n) is 4.82. The van der Waals surface area contributed by atoms with E-state index in [2.05, 4.69) is 0 Å². The van der Waals surface area contributed by atoms with Crippen molar-refractivity contribution in [2.75, 3.05) is 52.1 Å². The van der Waals surface area contributed by atoms with Crippen molar-refractivity contribution in [3.8, 4) is 23.0 Å². The Morgan fingerprint density at radius 2 is 1.69 bits per heavy atom. The fourth-order valence-electron chi connectivity index (χ4n) is 3.27. The Bertz CT molecular complexity index is 928. The van der Waals surface area contributed by atoms with Crippen LogP contribution in [0.5, 0.6) is 23.0 Å². The van der Waals surface area contributed by atoms with Gasteiger partial charge in [-0.1, -0.05) is 0 Å². The summed E-state index contributed by atoms with van der Waals surface area (Å²) in [6.07, 6.45) is 0. The van der Waals surface area contributed by atoms with Crippen LogP contribution in [0.1, 0.15) is 10.4 Å². The van der Waals surface area contributed by atoms with Crippen molar-refractivity contribution in [1.82, 2.24) is 4.90 Å². The highest BCUT2D eigenvalue weighted by atomic mass is 16.6. The van der Waals surface area contributed by atoms with Crippen LogP contribution in [0.4, 0.5) is 5.69 Å². The molecule has 29 heavy (non-hydrogen) atoms. The average Bonchev–Trinajstić information content (AvgIpc) is 2.97. The molecular formula is C21H22N2O6. The smallest absolute Gasteiger partial charge is 0.300 e. The first-order valence-corrected chi connectivity index (χ1v) is 9.32. The predicted octanol–water partition coefficient (Wildman–Crippen LogP) is 1.96. The van der Waals surface area contributed by atoms with Gasteiger partial charge < -0.3 is 18.9 Å². The predicted molar refractivity (Wildman–Crippen MR) is 105 cm³/mol. The minimum atomic E-state index is -0.551. The third kappa shape index (κ3) is 3.84. The number of hydrogen-bond acceptors (Lipinski definition) is 7. The van der Waals surface area contributed by atoms with E-state index in [0.717, 1.165) is 11.5 Å². The van der Waals surface area contributed by atoms with Gasteiger partial charge >= 0.3 is 5.91 Å². The van der Waals surface area contributed by atoms with Crippen LogP contribution < -0.4 is 23.8 Å². The van der Waals surface area contributed by atoms with E-state index in [0.29, 0.717) is 49.1 Å². The molecule has 0 N–H and O–H groups in total. The molecule has 2 aliphatic heterocycles. The molecule has 2 aromatic carbocycles. The first-order chi connectivity index (χ1) is 14.1. The largest absolute Gasteiger partial charge is 0.497 e. The van der Waals surface area contributed by atoms with E-state index in [-0.39, 0.29) is 6.67 Å². The third-order valence-corrected chi connectivity index (χ3v) is 4.82. The van der Waals surface area contributed by atoms with E-state index >= 15 is 0 Å². The molecule has 0 saturated carbocycles. The molecule has 2 aliphatic rings.